The summed E-state index contributed by atoms with van der Waals surface area (Å²) in [6, 6.07) is 12.3. The number of hydrogen-bond acceptors (Lipinski definition) is 6. The lowest BCUT2D eigenvalue weighted by Crippen LogP contribution is -2.38. The van der Waals surface area contributed by atoms with Crippen molar-refractivity contribution in [2.75, 3.05) is 19.0 Å². The zero-order valence-electron chi connectivity index (χ0n) is 14.8. The average molecular weight is 369 g/mol. The fraction of sp³-hybridized carbons (Fsp3) is 0.111. The number of nitrogens with zero attached hydrogens (tertiary/aromatic N) is 2. The molecule has 0 aliphatic rings. The van der Waals surface area contributed by atoms with Crippen molar-refractivity contribution in [1.29, 1.82) is 0 Å². The molecule has 9 nitrogen and oxygen atoms in total. The first kappa shape index (κ1) is 19.6. The predicted molar refractivity (Wildman–Crippen MR) is 102 cm³/mol. The topological polar surface area (TPSA) is 131 Å². The summed E-state index contributed by atoms with van der Waals surface area (Å²) >= 11 is 0. The smallest absolute Gasteiger partial charge is 0.281 e. The van der Waals surface area contributed by atoms with Crippen LogP contribution in [0.5, 0.6) is 0 Å². The van der Waals surface area contributed by atoms with Crippen molar-refractivity contribution >= 4 is 29.3 Å². The van der Waals surface area contributed by atoms with Crippen molar-refractivity contribution in [3.63, 3.8) is 0 Å². The van der Waals surface area contributed by atoms with Gasteiger partial charge in [-0.1, -0.05) is 12.1 Å². The van der Waals surface area contributed by atoms with E-state index in [2.05, 4.69) is 5.32 Å². The normalized spacial score (nSPS) is 10.9. The van der Waals surface area contributed by atoms with Crippen LogP contribution in [0.4, 0.5) is 11.4 Å². The molecule has 140 valence electrons. The molecule has 0 saturated heterocycles. The summed E-state index contributed by atoms with van der Waals surface area (Å²) in [5, 5.41) is 13.2. The molecule has 2 aromatic carbocycles. The number of non-ortho nitro benzene ring substituents is 1. The molecule has 2 amide bonds. The lowest BCUT2D eigenvalue weighted by Gasteiger charge is -2.12. The minimum absolute atomic E-state index is 0.0570. The minimum atomic E-state index is -0.679. The second-order valence-electron chi connectivity index (χ2n) is 5.78. The summed E-state index contributed by atoms with van der Waals surface area (Å²) in [4.78, 5) is 36.4. The van der Waals surface area contributed by atoms with E-state index < -0.39 is 16.7 Å². The summed E-state index contributed by atoms with van der Waals surface area (Å²) in [7, 11) is 3.81. The number of carbonyl (C=O) groups is 2. The second kappa shape index (κ2) is 8.59. The number of carbonyl (C=O) groups excluding carboxylic acids is 2. The molecule has 0 aromatic heterocycles. The molecular weight excluding hydrogens is 350 g/mol. The number of amides is 2. The Kier molecular flexibility index (Phi) is 6.23. The van der Waals surface area contributed by atoms with Gasteiger partial charge >= 0.3 is 0 Å². The number of hydrogen-bond donors (Lipinski definition) is 3. The van der Waals surface area contributed by atoms with E-state index >= 15 is 0 Å². The van der Waals surface area contributed by atoms with Gasteiger partial charge in [-0.3, -0.25) is 25.1 Å². The summed E-state index contributed by atoms with van der Waals surface area (Å²) in [6.07, 6.45) is 1.48. The first-order chi connectivity index (χ1) is 12.8. The Balaban J connectivity index is 2.24. The summed E-state index contributed by atoms with van der Waals surface area (Å²) in [5.74, 6) is 3.91. The van der Waals surface area contributed by atoms with E-state index in [-0.39, 0.29) is 16.9 Å². The van der Waals surface area contributed by atoms with E-state index in [1.807, 2.05) is 36.6 Å². The maximum Gasteiger partial charge on any atom is 0.281 e. The Morgan fingerprint density at radius 1 is 1.07 bits per heavy atom. The van der Waals surface area contributed by atoms with Crippen LogP contribution in [0.2, 0.25) is 0 Å². The van der Waals surface area contributed by atoms with Crippen LogP contribution < -0.4 is 21.5 Å². The third kappa shape index (κ3) is 5.13. The molecule has 0 fully saturated rings. The average Bonchev–Trinajstić information content (AvgIpc) is 2.67. The summed E-state index contributed by atoms with van der Waals surface area (Å²) in [6.45, 7) is 0. The van der Waals surface area contributed by atoms with Gasteiger partial charge in [0.15, 0.2) is 0 Å². The fourth-order valence-corrected chi connectivity index (χ4v) is 2.20. The molecule has 0 saturated carbocycles. The lowest BCUT2D eigenvalue weighted by molar-refractivity contribution is -0.384. The number of anilines is 1. The molecule has 0 bridgehead atoms. The maximum atomic E-state index is 12.3. The lowest BCUT2D eigenvalue weighted by atomic mass is 10.1. The van der Waals surface area contributed by atoms with Crippen LogP contribution in [-0.4, -0.2) is 30.8 Å². The number of nitrogens with two attached hydrogens (primary N) is 1. The highest BCUT2D eigenvalue weighted by Gasteiger charge is 2.15. The fourth-order valence-electron chi connectivity index (χ4n) is 2.20. The number of hydrazine groups is 1. The number of rotatable bonds is 6. The molecule has 9 heteroatoms. The largest absolute Gasteiger partial charge is 0.378 e. The Hall–Kier alpha value is -3.72. The highest BCUT2D eigenvalue weighted by molar-refractivity contribution is 6.05. The van der Waals surface area contributed by atoms with Crippen molar-refractivity contribution in [1.82, 2.24) is 10.7 Å². The van der Waals surface area contributed by atoms with Crippen LogP contribution in [0.15, 0.2) is 54.2 Å². The van der Waals surface area contributed by atoms with Crippen LogP contribution in [0.3, 0.4) is 0 Å². The van der Waals surface area contributed by atoms with E-state index in [1.165, 1.54) is 30.3 Å². The molecule has 2 aromatic rings. The molecule has 2 rings (SSSR count). The zero-order valence-corrected chi connectivity index (χ0v) is 14.8. The molecule has 0 radical (unpaired) electrons. The van der Waals surface area contributed by atoms with Gasteiger partial charge in [-0.05, 0) is 35.9 Å². The number of nitro groups is 1. The molecule has 0 spiro atoms. The summed E-state index contributed by atoms with van der Waals surface area (Å²) in [5.41, 5.74) is 3.61. The third-order valence-corrected chi connectivity index (χ3v) is 3.68. The van der Waals surface area contributed by atoms with E-state index in [9.17, 15) is 19.7 Å². The van der Waals surface area contributed by atoms with Crippen LogP contribution in [0, 0.1) is 10.1 Å². The monoisotopic (exact) mass is 369 g/mol. The number of nitrogens with one attached hydrogen (secondary N) is 2. The van der Waals surface area contributed by atoms with Gasteiger partial charge in [-0.15, -0.1) is 0 Å². The number of nitro benzene ring substituents is 1. The van der Waals surface area contributed by atoms with Crippen LogP contribution in [0.1, 0.15) is 15.9 Å². The maximum absolute atomic E-state index is 12.3. The van der Waals surface area contributed by atoms with Gasteiger partial charge in [0, 0.05) is 37.5 Å². The highest BCUT2D eigenvalue weighted by Crippen LogP contribution is 2.15. The Morgan fingerprint density at radius 2 is 1.67 bits per heavy atom. The molecule has 0 heterocycles. The molecule has 0 aliphatic carbocycles. The van der Waals surface area contributed by atoms with E-state index in [1.54, 1.807) is 12.1 Å². The zero-order chi connectivity index (χ0) is 20.0. The first-order valence-corrected chi connectivity index (χ1v) is 7.87. The molecule has 0 unspecified atom stereocenters. The van der Waals surface area contributed by atoms with Crippen molar-refractivity contribution in [3.8, 4) is 0 Å². The van der Waals surface area contributed by atoms with Gasteiger partial charge in [-0.2, -0.15) is 0 Å². The van der Waals surface area contributed by atoms with Crippen molar-refractivity contribution in [3.05, 3.63) is 75.5 Å². The quantitative estimate of drug-likeness (QED) is 0.232. The molecule has 4 N–H and O–H groups in total. The van der Waals surface area contributed by atoms with Crippen LogP contribution in [-0.2, 0) is 4.79 Å². The van der Waals surface area contributed by atoms with Crippen molar-refractivity contribution in [2.45, 2.75) is 0 Å². The number of benzene rings is 2. The Bertz CT molecular complexity index is 874. The first-order valence-electron chi connectivity index (χ1n) is 7.87. The van der Waals surface area contributed by atoms with Gasteiger partial charge in [0.2, 0.25) is 0 Å². The summed E-state index contributed by atoms with van der Waals surface area (Å²) < 4.78 is 0. The SMILES string of the molecule is CN(C)c1ccc(/C=C(\NC(=O)c2ccc([N+](=O)[O-])cc2)C(=O)NN)cc1. The molecule has 0 atom stereocenters. The van der Waals surface area contributed by atoms with Gasteiger partial charge in [0.25, 0.3) is 17.5 Å². The van der Waals surface area contributed by atoms with Crippen LogP contribution in [0.25, 0.3) is 6.08 Å². The van der Waals surface area contributed by atoms with Gasteiger partial charge in [0.1, 0.15) is 5.70 Å². The Morgan fingerprint density at radius 3 is 2.15 bits per heavy atom. The Labute approximate surface area is 155 Å². The van der Waals surface area contributed by atoms with Gasteiger partial charge < -0.3 is 10.2 Å². The van der Waals surface area contributed by atoms with E-state index in [0.29, 0.717) is 5.56 Å². The predicted octanol–water partition coefficient (Wildman–Crippen LogP) is 1.42. The highest BCUT2D eigenvalue weighted by atomic mass is 16.6. The third-order valence-electron chi connectivity index (χ3n) is 3.68. The van der Waals surface area contributed by atoms with Crippen LogP contribution >= 0.6 is 0 Å². The van der Waals surface area contributed by atoms with Gasteiger partial charge in [-0.25, -0.2) is 5.84 Å². The van der Waals surface area contributed by atoms with Crippen molar-refractivity contribution in [2.24, 2.45) is 5.84 Å². The molecule has 0 aliphatic heterocycles. The van der Waals surface area contributed by atoms with Gasteiger partial charge in [0.05, 0.1) is 4.92 Å². The second-order valence-corrected chi connectivity index (χ2v) is 5.78. The van der Waals surface area contributed by atoms with E-state index in [4.69, 9.17) is 5.84 Å². The minimum Gasteiger partial charge on any atom is -0.378 e. The van der Waals surface area contributed by atoms with Crippen molar-refractivity contribution < 1.29 is 14.5 Å². The standard InChI is InChI=1S/C18H19N5O4/c1-22(2)14-7-3-12(4-8-14)11-16(18(25)21-19)20-17(24)13-5-9-15(10-6-13)23(26)27/h3-11H,19H2,1-2H3,(H,20,24)(H,21,25)/b16-11-. The molecular formula is C18H19N5O4. The van der Waals surface area contributed by atoms with E-state index in [0.717, 1.165) is 5.69 Å². The molecule has 27 heavy (non-hydrogen) atoms.